The van der Waals surface area contributed by atoms with E-state index >= 15 is 0 Å². The van der Waals surface area contributed by atoms with E-state index in [1.165, 1.54) is 0 Å². The maximum absolute atomic E-state index is 13.0. The molecule has 0 aliphatic carbocycles. The summed E-state index contributed by atoms with van der Waals surface area (Å²) < 4.78 is 12.2. The summed E-state index contributed by atoms with van der Waals surface area (Å²) in [7, 11) is 4.10. The topological polar surface area (TPSA) is 94.8 Å². The number of fused-ring (bicyclic) bond motifs is 2. The Kier molecular flexibility index (Phi) is 9.67. The molecule has 11 heteroatoms. The molecule has 2 aliphatic heterocycles. The number of carbonyl (C=O) groups is 1. The van der Waals surface area contributed by atoms with Gasteiger partial charge in [0.1, 0.15) is 11.4 Å². The number of aromatic nitrogens is 2. The maximum Gasteiger partial charge on any atom is 0.410 e. The van der Waals surface area contributed by atoms with Gasteiger partial charge < -0.3 is 24.2 Å². The number of benzene rings is 2. The van der Waals surface area contributed by atoms with Gasteiger partial charge in [-0.2, -0.15) is 5.26 Å². The van der Waals surface area contributed by atoms with Crippen molar-refractivity contribution in [2.75, 3.05) is 50.9 Å². The Morgan fingerprint density at radius 2 is 1.98 bits per heavy atom. The highest BCUT2D eigenvalue weighted by atomic mass is 35.5. The monoisotopic (exact) mass is 622 g/mol. The summed E-state index contributed by atoms with van der Waals surface area (Å²) in [6, 6.07) is 14.1. The number of anilines is 1. The summed E-state index contributed by atoms with van der Waals surface area (Å²) in [4.78, 5) is 29.1. The second-order valence-corrected chi connectivity index (χ2v) is 13.7. The average molecular weight is 623 g/mol. The lowest BCUT2D eigenvalue weighted by Crippen LogP contribution is -2.56. The first-order valence-corrected chi connectivity index (χ1v) is 16.0. The minimum Gasteiger partial charge on any atom is -0.444 e. The van der Waals surface area contributed by atoms with Gasteiger partial charge in [-0.1, -0.05) is 53.7 Å². The first-order chi connectivity index (χ1) is 20.5. The number of halogens is 1. The van der Waals surface area contributed by atoms with Crippen LogP contribution >= 0.6 is 23.4 Å². The van der Waals surface area contributed by atoms with Gasteiger partial charge >= 0.3 is 6.09 Å². The van der Waals surface area contributed by atoms with Crippen LogP contribution in [0, 0.1) is 11.3 Å². The molecule has 228 valence electrons. The molecule has 0 radical (unpaired) electrons. The number of nitriles is 1. The Morgan fingerprint density at radius 1 is 1.21 bits per heavy atom. The standard InChI is InChI=1S/C32H39ClN6O3S/c1-32(2,3)42-31(40)39-15-14-38(19-22(39)12-13-34)29-24-20-41-27(18-26(24)35-30(36-29)43-17-16-37(4)5)23-10-6-8-21-9-7-11-25(33)28(21)23/h6-11,22,27H,12,14-20H2,1-5H3/t22-,27-/m0/s1. The van der Waals surface area contributed by atoms with Gasteiger partial charge in [-0.3, -0.25) is 0 Å². The van der Waals surface area contributed by atoms with Crippen LogP contribution in [0.4, 0.5) is 10.6 Å². The SMILES string of the molecule is CN(C)CCSc1nc2c(c(N3CCN(C(=O)OC(C)(C)C)[C@@H](CC#N)C3)n1)CO[C@H](c1cccc3cccc(Cl)c13)C2. The van der Waals surface area contributed by atoms with Crippen LogP contribution < -0.4 is 4.90 Å². The number of nitrogens with zero attached hydrogens (tertiary/aromatic N) is 6. The van der Waals surface area contributed by atoms with Crippen LogP contribution in [0.5, 0.6) is 0 Å². The summed E-state index contributed by atoms with van der Waals surface area (Å²) in [6.07, 6.45) is 0.204. The van der Waals surface area contributed by atoms with E-state index in [9.17, 15) is 10.1 Å². The van der Waals surface area contributed by atoms with Crippen molar-refractivity contribution in [2.24, 2.45) is 0 Å². The molecule has 1 saturated heterocycles. The molecule has 2 aromatic carbocycles. The van der Waals surface area contributed by atoms with Gasteiger partial charge in [0.2, 0.25) is 0 Å². The lowest BCUT2D eigenvalue weighted by Gasteiger charge is -2.42. The Hall–Kier alpha value is -3.10. The fourth-order valence-corrected chi connectivity index (χ4v) is 6.81. The fraction of sp³-hybridized carbons (Fsp3) is 0.500. The number of amides is 1. The predicted octanol–water partition coefficient (Wildman–Crippen LogP) is 6.09. The minimum atomic E-state index is -0.613. The average Bonchev–Trinajstić information content (AvgIpc) is 2.95. The van der Waals surface area contributed by atoms with Gasteiger partial charge in [0.25, 0.3) is 0 Å². The highest BCUT2D eigenvalue weighted by molar-refractivity contribution is 7.99. The van der Waals surface area contributed by atoms with Gasteiger partial charge in [0.15, 0.2) is 5.16 Å². The molecule has 0 N–H and O–H groups in total. The van der Waals surface area contributed by atoms with Crippen molar-refractivity contribution in [1.82, 2.24) is 19.8 Å². The largest absolute Gasteiger partial charge is 0.444 e. The van der Waals surface area contributed by atoms with Crippen molar-refractivity contribution in [3.63, 3.8) is 0 Å². The highest BCUT2D eigenvalue weighted by Crippen LogP contribution is 2.39. The van der Waals surface area contributed by atoms with Crippen molar-refractivity contribution in [1.29, 1.82) is 5.26 Å². The highest BCUT2D eigenvalue weighted by Gasteiger charge is 2.36. The number of ether oxygens (including phenoxy) is 2. The van der Waals surface area contributed by atoms with E-state index in [4.69, 9.17) is 31.0 Å². The predicted molar refractivity (Wildman–Crippen MR) is 171 cm³/mol. The van der Waals surface area contributed by atoms with Gasteiger partial charge in [-0.15, -0.1) is 0 Å². The molecule has 43 heavy (non-hydrogen) atoms. The van der Waals surface area contributed by atoms with Crippen LogP contribution in [0.2, 0.25) is 5.02 Å². The van der Waals surface area contributed by atoms with Crippen LogP contribution in [0.3, 0.4) is 0 Å². The van der Waals surface area contributed by atoms with Crippen LogP contribution in [-0.4, -0.2) is 83.5 Å². The molecule has 1 amide bonds. The van der Waals surface area contributed by atoms with Gasteiger partial charge in [-0.25, -0.2) is 14.8 Å². The van der Waals surface area contributed by atoms with E-state index in [0.717, 1.165) is 50.9 Å². The third-order valence-electron chi connectivity index (χ3n) is 7.60. The molecule has 3 aromatic rings. The molecule has 1 fully saturated rings. The van der Waals surface area contributed by atoms with Gasteiger partial charge in [-0.05, 0) is 51.9 Å². The third-order valence-corrected chi connectivity index (χ3v) is 8.74. The molecular formula is C32H39ClN6O3S. The lowest BCUT2D eigenvalue weighted by atomic mass is 9.94. The first kappa shape index (κ1) is 31.3. The van der Waals surface area contributed by atoms with E-state index < -0.39 is 11.7 Å². The van der Waals surface area contributed by atoms with Crippen LogP contribution in [0.25, 0.3) is 10.8 Å². The molecule has 2 atom stereocenters. The van der Waals surface area contributed by atoms with Crippen molar-refractivity contribution >= 4 is 46.0 Å². The number of piperazine rings is 1. The molecule has 0 unspecified atom stereocenters. The van der Waals surface area contributed by atoms with Gasteiger partial charge in [0.05, 0.1) is 36.9 Å². The Bertz CT molecular complexity index is 1520. The minimum absolute atomic E-state index is 0.200. The molecule has 1 aromatic heterocycles. The van der Waals surface area contributed by atoms with E-state index in [2.05, 4.69) is 48.2 Å². The Balaban J connectivity index is 1.46. The maximum atomic E-state index is 13.0. The number of carbonyl (C=O) groups excluding carboxylic acids is 1. The van der Waals surface area contributed by atoms with E-state index in [-0.39, 0.29) is 18.6 Å². The van der Waals surface area contributed by atoms with Crippen molar-refractivity contribution < 1.29 is 14.3 Å². The zero-order chi connectivity index (χ0) is 30.7. The molecule has 5 rings (SSSR count). The van der Waals surface area contributed by atoms with Crippen molar-refractivity contribution in [3.05, 3.63) is 58.2 Å². The van der Waals surface area contributed by atoms with Crippen molar-refractivity contribution in [3.8, 4) is 6.07 Å². The number of hydrogen-bond acceptors (Lipinski definition) is 9. The second kappa shape index (κ2) is 13.3. The molecule has 3 heterocycles. The molecule has 0 spiro atoms. The Morgan fingerprint density at radius 3 is 2.70 bits per heavy atom. The first-order valence-electron chi connectivity index (χ1n) is 14.6. The van der Waals surface area contributed by atoms with Crippen LogP contribution in [0.1, 0.15) is 50.1 Å². The van der Waals surface area contributed by atoms with E-state index in [1.54, 1.807) is 16.7 Å². The van der Waals surface area contributed by atoms with Gasteiger partial charge in [0, 0.05) is 54.3 Å². The Labute approximate surface area is 263 Å². The fourth-order valence-electron chi connectivity index (χ4n) is 5.56. The zero-order valence-electron chi connectivity index (χ0n) is 25.5. The van der Waals surface area contributed by atoms with E-state index in [1.807, 2.05) is 39.0 Å². The number of rotatable bonds is 7. The lowest BCUT2D eigenvalue weighted by molar-refractivity contribution is 0.0140. The number of thioether (sulfide) groups is 1. The van der Waals surface area contributed by atoms with E-state index in [0.29, 0.717) is 37.7 Å². The summed E-state index contributed by atoms with van der Waals surface area (Å²) in [5, 5.41) is 13.1. The summed E-state index contributed by atoms with van der Waals surface area (Å²) in [6.45, 7) is 8.28. The number of hydrogen-bond donors (Lipinski definition) is 0. The molecule has 0 saturated carbocycles. The van der Waals surface area contributed by atoms with Crippen LogP contribution in [0.15, 0.2) is 41.6 Å². The zero-order valence-corrected chi connectivity index (χ0v) is 27.0. The molecular weight excluding hydrogens is 584 g/mol. The summed E-state index contributed by atoms with van der Waals surface area (Å²) in [5.74, 6) is 1.67. The summed E-state index contributed by atoms with van der Waals surface area (Å²) in [5.41, 5.74) is 2.36. The summed E-state index contributed by atoms with van der Waals surface area (Å²) >= 11 is 8.31. The van der Waals surface area contributed by atoms with Crippen LogP contribution in [-0.2, 0) is 22.5 Å². The second-order valence-electron chi connectivity index (χ2n) is 12.2. The normalized spacial score (nSPS) is 18.9. The quantitative estimate of drug-likeness (QED) is 0.229. The molecule has 2 aliphatic rings. The van der Waals surface area contributed by atoms with Crippen molar-refractivity contribution in [2.45, 2.75) is 63.1 Å². The molecule has 0 bridgehead atoms. The molecule has 9 nitrogen and oxygen atoms in total. The smallest absolute Gasteiger partial charge is 0.410 e. The third kappa shape index (κ3) is 7.35.